The Bertz CT molecular complexity index is 3060. The Labute approximate surface area is 439 Å². The number of aromatic nitrogens is 8. The van der Waals surface area contributed by atoms with Crippen LogP contribution in [-0.4, -0.2) is 135 Å². The van der Waals surface area contributed by atoms with Gasteiger partial charge < -0.3 is 20.0 Å². The molecule has 9 unspecified atom stereocenters. The first-order valence-electron chi connectivity index (χ1n) is 25.1. The fourth-order valence-corrected chi connectivity index (χ4v) is 13.6. The molecule has 10 rings (SSSR count). The molecule has 0 amide bonds. The standard InChI is InChI=1S/C52H61Cl4N13O3/c1-28-25-64(16-13-40(28)66-15-7-8-42(66)51(70)71)46-24-59-48-39(22-57)63-69(50(48)61-46)43(36-12-10-34(54)21-38(36)56)18-32-19-44(52(5,6)72)67(27-32)41-14-17-65(26-29(41)2)45-23-58-47-30(3)62-68(49(47)60-45)31(4)35-11-9-33(53)20-37(35)55/h9-12,20-21,23-24,28-29,31-32,40-44,72H,7-8,13-19,25-27H2,1-6H3,(H,70,71). The normalized spacial score (nSPS) is 25.4. The van der Waals surface area contributed by atoms with Crippen LogP contribution in [0.3, 0.4) is 0 Å². The van der Waals surface area contributed by atoms with E-state index in [-0.39, 0.29) is 47.6 Å². The van der Waals surface area contributed by atoms with Gasteiger partial charge in [-0.15, -0.1) is 0 Å². The lowest BCUT2D eigenvalue weighted by atomic mass is 9.87. The van der Waals surface area contributed by atoms with E-state index in [1.165, 1.54) is 0 Å². The van der Waals surface area contributed by atoms with Crippen LogP contribution in [0.2, 0.25) is 20.1 Å². The number of nitrogens with zero attached hydrogens (tertiary/aromatic N) is 13. The van der Waals surface area contributed by atoms with E-state index in [0.29, 0.717) is 68.7 Å². The second-order valence-electron chi connectivity index (χ2n) is 21.3. The van der Waals surface area contributed by atoms with Crippen molar-refractivity contribution >= 4 is 86.3 Å². The molecular weight excluding hydrogens is 996 g/mol. The number of carbonyl (C=O) groups is 1. The molecular formula is C52H61Cl4N13O3. The van der Waals surface area contributed by atoms with Gasteiger partial charge in [0.15, 0.2) is 17.0 Å². The van der Waals surface area contributed by atoms with Crippen LogP contribution in [0.25, 0.3) is 22.3 Å². The third-order valence-corrected chi connectivity index (χ3v) is 17.2. The number of anilines is 2. The van der Waals surface area contributed by atoms with Gasteiger partial charge in [0.05, 0.1) is 35.8 Å². The number of hydrogen-bond acceptors (Lipinski definition) is 13. The molecule has 4 aliphatic rings. The number of halogens is 4. The smallest absolute Gasteiger partial charge is 0.320 e. The van der Waals surface area contributed by atoms with Gasteiger partial charge in [0, 0.05) is 70.9 Å². The van der Waals surface area contributed by atoms with Crippen LogP contribution in [0.5, 0.6) is 0 Å². The summed E-state index contributed by atoms with van der Waals surface area (Å²) in [6, 6.07) is 12.4. The number of carboxylic acids is 1. The minimum absolute atomic E-state index is 0.0948. The predicted molar refractivity (Wildman–Crippen MR) is 281 cm³/mol. The number of nitriles is 1. The fourth-order valence-electron chi connectivity index (χ4n) is 12.5. The van der Waals surface area contributed by atoms with Gasteiger partial charge in [-0.1, -0.05) is 72.4 Å². The van der Waals surface area contributed by atoms with Crippen molar-refractivity contribution in [2.75, 3.05) is 49.1 Å². The summed E-state index contributed by atoms with van der Waals surface area (Å²) in [6.07, 6.45) is 8.10. The number of rotatable bonds is 12. The third kappa shape index (κ3) is 9.59. The number of aryl methyl sites for hydroxylation is 1. The number of hydrogen-bond donors (Lipinski definition) is 2. The molecule has 16 nitrogen and oxygen atoms in total. The highest BCUT2D eigenvalue weighted by atomic mass is 35.5. The highest BCUT2D eigenvalue weighted by Gasteiger charge is 2.47. The molecule has 4 aliphatic heterocycles. The van der Waals surface area contributed by atoms with Crippen molar-refractivity contribution in [3.8, 4) is 6.07 Å². The number of likely N-dealkylation sites (tertiary alicyclic amines) is 2. The molecule has 4 aromatic heterocycles. The van der Waals surface area contributed by atoms with Crippen LogP contribution in [0.4, 0.5) is 11.6 Å². The van der Waals surface area contributed by atoms with Gasteiger partial charge in [0.25, 0.3) is 0 Å². The zero-order chi connectivity index (χ0) is 50.9. The topological polar surface area (TPSA) is 181 Å². The lowest BCUT2D eigenvalue weighted by Gasteiger charge is -2.46. The van der Waals surface area contributed by atoms with Gasteiger partial charge >= 0.3 is 5.97 Å². The quantitative estimate of drug-likeness (QED) is 0.118. The van der Waals surface area contributed by atoms with Crippen LogP contribution in [-0.2, 0) is 4.79 Å². The van der Waals surface area contributed by atoms with Crippen LogP contribution in [0.1, 0.15) is 108 Å². The van der Waals surface area contributed by atoms with E-state index in [2.05, 4.69) is 39.5 Å². The Morgan fingerprint density at radius 1 is 0.806 bits per heavy atom. The lowest BCUT2D eigenvalue weighted by molar-refractivity contribution is -0.143. The lowest BCUT2D eigenvalue weighted by Crippen LogP contribution is -2.56. The van der Waals surface area contributed by atoms with Gasteiger partial charge in [-0.25, -0.2) is 29.3 Å². The minimum atomic E-state index is -1.00. The first-order valence-corrected chi connectivity index (χ1v) is 26.6. The van der Waals surface area contributed by atoms with E-state index >= 15 is 0 Å². The predicted octanol–water partition coefficient (Wildman–Crippen LogP) is 9.49. The van der Waals surface area contributed by atoms with E-state index in [1.807, 2.05) is 67.5 Å². The zero-order valence-electron chi connectivity index (χ0n) is 41.4. The second kappa shape index (κ2) is 20.1. The number of fused-ring (bicyclic) bond motifs is 2. The molecule has 2 aromatic carbocycles. The Balaban J connectivity index is 0.909. The number of carboxylic acid groups (broad SMARTS) is 1. The number of aliphatic hydroxyl groups is 1. The van der Waals surface area contributed by atoms with E-state index in [0.717, 1.165) is 80.0 Å². The van der Waals surface area contributed by atoms with E-state index in [4.69, 9.17) is 76.5 Å². The van der Waals surface area contributed by atoms with E-state index < -0.39 is 23.7 Å². The molecule has 380 valence electrons. The molecule has 9 atom stereocenters. The summed E-state index contributed by atoms with van der Waals surface area (Å²) in [5.41, 5.74) is 3.98. The average Bonchev–Trinajstić information content (AvgIpc) is 4.15. The molecule has 2 N–H and O–H groups in total. The molecule has 4 fully saturated rings. The van der Waals surface area contributed by atoms with Crippen molar-refractivity contribution in [2.24, 2.45) is 17.8 Å². The number of benzene rings is 2. The maximum atomic E-state index is 12.1. The summed E-state index contributed by atoms with van der Waals surface area (Å²) < 4.78 is 3.73. The van der Waals surface area contributed by atoms with Gasteiger partial charge in [0.2, 0.25) is 0 Å². The SMILES string of the molecule is Cc1nn(C(C)c2ccc(Cl)cc2Cl)c2nc(N3CCC(N4CC(CC(c5ccc(Cl)cc5Cl)n5nc(C#N)c6ncc(N7CCC(N8CCCC8C(=O)O)C(C)C7)nc65)CC4C(C)(C)O)C(C)C3)cnc12. The minimum Gasteiger partial charge on any atom is -0.480 e. The molecule has 0 spiro atoms. The summed E-state index contributed by atoms with van der Waals surface area (Å²) in [7, 11) is 0. The molecule has 0 bridgehead atoms. The first kappa shape index (κ1) is 50.7. The van der Waals surface area contributed by atoms with Crippen molar-refractivity contribution in [1.82, 2.24) is 49.3 Å². The maximum absolute atomic E-state index is 12.1. The van der Waals surface area contributed by atoms with Crippen molar-refractivity contribution in [1.29, 1.82) is 5.26 Å². The Hall–Kier alpha value is -4.86. The summed E-state index contributed by atoms with van der Waals surface area (Å²) in [4.78, 5) is 41.5. The van der Waals surface area contributed by atoms with E-state index in [1.54, 1.807) is 18.3 Å². The van der Waals surface area contributed by atoms with Crippen LogP contribution >= 0.6 is 46.4 Å². The fraction of sp³-hybridized carbons (Fsp3) is 0.538. The summed E-state index contributed by atoms with van der Waals surface area (Å²) >= 11 is 26.5. The molecule has 0 saturated carbocycles. The maximum Gasteiger partial charge on any atom is 0.320 e. The van der Waals surface area contributed by atoms with Crippen LogP contribution < -0.4 is 9.80 Å². The number of aliphatic carboxylic acids is 1. The van der Waals surface area contributed by atoms with Crippen molar-refractivity contribution in [3.63, 3.8) is 0 Å². The van der Waals surface area contributed by atoms with Crippen LogP contribution in [0, 0.1) is 36.0 Å². The zero-order valence-corrected chi connectivity index (χ0v) is 44.5. The van der Waals surface area contributed by atoms with Gasteiger partial charge in [-0.3, -0.25) is 14.6 Å². The first-order chi connectivity index (χ1) is 34.4. The van der Waals surface area contributed by atoms with Gasteiger partial charge in [0.1, 0.15) is 34.8 Å². The number of piperidine rings is 2. The second-order valence-corrected chi connectivity index (χ2v) is 22.9. The van der Waals surface area contributed by atoms with E-state index in [9.17, 15) is 20.3 Å². The van der Waals surface area contributed by atoms with Crippen molar-refractivity contribution in [3.05, 3.63) is 91.4 Å². The van der Waals surface area contributed by atoms with Crippen LogP contribution in [0.15, 0.2) is 48.8 Å². The van der Waals surface area contributed by atoms with Gasteiger partial charge in [-0.2, -0.15) is 15.5 Å². The third-order valence-electron chi connectivity index (χ3n) is 16.0. The molecule has 0 aliphatic carbocycles. The molecule has 20 heteroatoms. The summed E-state index contributed by atoms with van der Waals surface area (Å²) in [5.74, 6) is 1.21. The highest BCUT2D eigenvalue weighted by molar-refractivity contribution is 6.35. The summed E-state index contributed by atoms with van der Waals surface area (Å²) in [5, 5.41) is 44.2. The average molecular weight is 1060 g/mol. The largest absolute Gasteiger partial charge is 0.480 e. The molecule has 72 heavy (non-hydrogen) atoms. The van der Waals surface area contributed by atoms with Crippen molar-refractivity contribution in [2.45, 2.75) is 122 Å². The molecule has 6 aromatic rings. The molecule has 8 heterocycles. The summed E-state index contributed by atoms with van der Waals surface area (Å²) in [6.45, 7) is 16.7. The van der Waals surface area contributed by atoms with Gasteiger partial charge in [-0.05, 0) is 126 Å². The Morgan fingerprint density at radius 3 is 1.96 bits per heavy atom. The monoisotopic (exact) mass is 1060 g/mol. The highest BCUT2D eigenvalue weighted by Crippen LogP contribution is 2.43. The van der Waals surface area contributed by atoms with Crippen molar-refractivity contribution < 1.29 is 15.0 Å². The molecule has 0 radical (unpaired) electrons. The molecule has 4 saturated heterocycles. The Kier molecular flexibility index (Phi) is 14.1. The Morgan fingerprint density at radius 2 is 1.39 bits per heavy atom.